The number of halogens is 1. The SMILES string of the molecule is COCCSCc1ccc(Cl)nn1. The van der Waals surface area contributed by atoms with E-state index in [9.17, 15) is 0 Å². The van der Waals surface area contributed by atoms with E-state index in [1.54, 1.807) is 24.9 Å². The van der Waals surface area contributed by atoms with E-state index in [1.807, 2.05) is 6.07 Å². The Kier molecular flexibility index (Phi) is 5.12. The number of methoxy groups -OCH3 is 1. The zero-order chi connectivity index (χ0) is 9.52. The average Bonchev–Trinajstić information content (AvgIpc) is 2.15. The standard InChI is InChI=1S/C8H11ClN2OS/c1-12-4-5-13-6-7-2-3-8(9)11-10-7/h2-3H,4-6H2,1H3. The normalized spacial score (nSPS) is 10.3. The summed E-state index contributed by atoms with van der Waals surface area (Å²) in [5.74, 6) is 1.83. The maximum absolute atomic E-state index is 5.60. The van der Waals surface area contributed by atoms with Crippen LogP contribution in [0, 0.1) is 0 Å². The average molecular weight is 219 g/mol. The molecule has 1 aromatic heterocycles. The highest BCUT2D eigenvalue weighted by Crippen LogP contribution is 2.10. The van der Waals surface area contributed by atoms with Gasteiger partial charge in [0.15, 0.2) is 5.15 Å². The number of hydrogen-bond donors (Lipinski definition) is 0. The molecule has 1 heterocycles. The lowest BCUT2D eigenvalue weighted by Gasteiger charge is -1.99. The molecule has 0 aromatic carbocycles. The highest BCUT2D eigenvalue weighted by atomic mass is 35.5. The van der Waals surface area contributed by atoms with Gasteiger partial charge in [0.25, 0.3) is 0 Å². The van der Waals surface area contributed by atoms with Crippen LogP contribution in [0.15, 0.2) is 12.1 Å². The first kappa shape index (κ1) is 10.8. The highest BCUT2D eigenvalue weighted by molar-refractivity contribution is 7.98. The molecule has 5 heteroatoms. The number of thioether (sulfide) groups is 1. The fourth-order valence-electron chi connectivity index (χ4n) is 0.740. The van der Waals surface area contributed by atoms with Crippen LogP contribution >= 0.6 is 23.4 Å². The minimum absolute atomic E-state index is 0.436. The largest absolute Gasteiger partial charge is 0.384 e. The second-order valence-electron chi connectivity index (χ2n) is 2.39. The van der Waals surface area contributed by atoms with Crippen LogP contribution in [0.3, 0.4) is 0 Å². The molecule has 0 fully saturated rings. The minimum Gasteiger partial charge on any atom is -0.384 e. The van der Waals surface area contributed by atoms with E-state index in [-0.39, 0.29) is 0 Å². The summed E-state index contributed by atoms with van der Waals surface area (Å²) < 4.78 is 4.92. The Morgan fingerprint density at radius 3 is 2.92 bits per heavy atom. The lowest BCUT2D eigenvalue weighted by molar-refractivity contribution is 0.218. The van der Waals surface area contributed by atoms with Crippen LogP contribution in [0.2, 0.25) is 5.15 Å². The van der Waals surface area contributed by atoms with E-state index in [4.69, 9.17) is 16.3 Å². The summed E-state index contributed by atoms with van der Waals surface area (Å²) in [6.07, 6.45) is 0. The fraction of sp³-hybridized carbons (Fsp3) is 0.500. The van der Waals surface area contributed by atoms with Gasteiger partial charge >= 0.3 is 0 Å². The van der Waals surface area contributed by atoms with Gasteiger partial charge in [0, 0.05) is 18.6 Å². The Balaban J connectivity index is 2.25. The molecular formula is C8H11ClN2OS. The molecule has 13 heavy (non-hydrogen) atoms. The molecule has 0 N–H and O–H groups in total. The van der Waals surface area contributed by atoms with Crippen molar-refractivity contribution in [1.82, 2.24) is 10.2 Å². The van der Waals surface area contributed by atoms with E-state index in [1.165, 1.54) is 0 Å². The zero-order valence-corrected chi connectivity index (χ0v) is 8.94. The van der Waals surface area contributed by atoms with E-state index < -0.39 is 0 Å². The summed E-state index contributed by atoms with van der Waals surface area (Å²) >= 11 is 7.36. The van der Waals surface area contributed by atoms with Gasteiger partial charge in [0.05, 0.1) is 12.3 Å². The minimum atomic E-state index is 0.436. The Labute approximate surface area is 86.8 Å². The third-order valence-electron chi connectivity index (χ3n) is 1.37. The lowest BCUT2D eigenvalue weighted by atomic mass is 10.4. The van der Waals surface area contributed by atoms with Crippen molar-refractivity contribution >= 4 is 23.4 Å². The van der Waals surface area contributed by atoms with Gasteiger partial charge in [-0.15, -0.1) is 5.10 Å². The first-order valence-corrected chi connectivity index (χ1v) is 5.41. The molecule has 0 radical (unpaired) electrons. The Hall–Kier alpha value is -0.320. The molecule has 72 valence electrons. The number of hydrogen-bond acceptors (Lipinski definition) is 4. The zero-order valence-electron chi connectivity index (χ0n) is 7.36. The summed E-state index contributed by atoms with van der Waals surface area (Å²) in [6, 6.07) is 3.63. The van der Waals surface area contributed by atoms with Crippen LogP contribution in [-0.4, -0.2) is 29.7 Å². The van der Waals surface area contributed by atoms with Crippen LogP contribution in [0.25, 0.3) is 0 Å². The number of rotatable bonds is 5. The van der Waals surface area contributed by atoms with Gasteiger partial charge in [-0.05, 0) is 12.1 Å². The van der Waals surface area contributed by atoms with Gasteiger partial charge in [-0.3, -0.25) is 0 Å². The van der Waals surface area contributed by atoms with Crippen LogP contribution in [0.1, 0.15) is 5.69 Å². The van der Waals surface area contributed by atoms with Crippen LogP contribution in [-0.2, 0) is 10.5 Å². The second kappa shape index (κ2) is 6.18. The lowest BCUT2D eigenvalue weighted by Crippen LogP contribution is -1.94. The Morgan fingerprint density at radius 2 is 2.31 bits per heavy atom. The van der Waals surface area contributed by atoms with Crippen LogP contribution in [0.4, 0.5) is 0 Å². The van der Waals surface area contributed by atoms with E-state index in [2.05, 4.69) is 10.2 Å². The summed E-state index contributed by atoms with van der Waals surface area (Å²) in [6.45, 7) is 0.770. The van der Waals surface area contributed by atoms with Crippen molar-refractivity contribution in [2.24, 2.45) is 0 Å². The van der Waals surface area contributed by atoms with Gasteiger partial charge in [0.2, 0.25) is 0 Å². The number of aromatic nitrogens is 2. The molecular weight excluding hydrogens is 208 g/mol. The summed E-state index contributed by atoms with van der Waals surface area (Å²) in [5.41, 5.74) is 0.950. The van der Waals surface area contributed by atoms with Gasteiger partial charge in [-0.2, -0.15) is 16.9 Å². The quantitative estimate of drug-likeness (QED) is 0.709. The van der Waals surface area contributed by atoms with Crippen molar-refractivity contribution in [2.45, 2.75) is 5.75 Å². The molecule has 0 amide bonds. The van der Waals surface area contributed by atoms with Crippen molar-refractivity contribution in [1.29, 1.82) is 0 Å². The molecule has 0 spiro atoms. The van der Waals surface area contributed by atoms with Crippen LogP contribution < -0.4 is 0 Å². The molecule has 0 saturated heterocycles. The van der Waals surface area contributed by atoms with Crippen molar-refractivity contribution < 1.29 is 4.74 Å². The molecule has 3 nitrogen and oxygen atoms in total. The molecule has 0 aliphatic heterocycles. The predicted molar refractivity (Wildman–Crippen MR) is 55.1 cm³/mol. The predicted octanol–water partition coefficient (Wildman–Crippen LogP) is 2.01. The maximum Gasteiger partial charge on any atom is 0.151 e. The van der Waals surface area contributed by atoms with E-state index in [0.717, 1.165) is 23.8 Å². The molecule has 0 unspecified atom stereocenters. The molecule has 0 bridgehead atoms. The monoisotopic (exact) mass is 218 g/mol. The highest BCUT2D eigenvalue weighted by Gasteiger charge is 1.95. The maximum atomic E-state index is 5.60. The number of ether oxygens (including phenoxy) is 1. The molecule has 1 aromatic rings. The summed E-state index contributed by atoms with van der Waals surface area (Å²) in [7, 11) is 1.70. The van der Waals surface area contributed by atoms with E-state index in [0.29, 0.717) is 5.15 Å². The molecule has 0 atom stereocenters. The van der Waals surface area contributed by atoms with Gasteiger partial charge in [-0.1, -0.05) is 11.6 Å². The van der Waals surface area contributed by atoms with Crippen molar-refractivity contribution in [3.05, 3.63) is 23.0 Å². The first-order valence-electron chi connectivity index (χ1n) is 3.87. The molecule has 0 aliphatic rings. The first-order chi connectivity index (χ1) is 6.33. The summed E-state index contributed by atoms with van der Waals surface area (Å²) in [5, 5.41) is 8.12. The molecule has 1 rings (SSSR count). The Morgan fingerprint density at radius 1 is 1.46 bits per heavy atom. The topological polar surface area (TPSA) is 35.0 Å². The molecule has 0 aliphatic carbocycles. The third kappa shape index (κ3) is 4.45. The van der Waals surface area contributed by atoms with Gasteiger partial charge in [-0.25, -0.2) is 0 Å². The Bertz CT molecular complexity index is 242. The fourth-order valence-corrected chi connectivity index (χ4v) is 1.63. The molecule has 0 saturated carbocycles. The van der Waals surface area contributed by atoms with Crippen LogP contribution in [0.5, 0.6) is 0 Å². The van der Waals surface area contributed by atoms with E-state index >= 15 is 0 Å². The second-order valence-corrected chi connectivity index (χ2v) is 3.89. The van der Waals surface area contributed by atoms with Gasteiger partial charge in [0.1, 0.15) is 0 Å². The smallest absolute Gasteiger partial charge is 0.151 e. The van der Waals surface area contributed by atoms with Crippen molar-refractivity contribution in [3.8, 4) is 0 Å². The third-order valence-corrected chi connectivity index (χ3v) is 2.53. The van der Waals surface area contributed by atoms with Crippen molar-refractivity contribution in [3.63, 3.8) is 0 Å². The van der Waals surface area contributed by atoms with Crippen molar-refractivity contribution in [2.75, 3.05) is 19.5 Å². The van der Waals surface area contributed by atoms with Gasteiger partial charge < -0.3 is 4.74 Å². The number of nitrogens with zero attached hydrogens (tertiary/aromatic N) is 2. The summed E-state index contributed by atoms with van der Waals surface area (Å²) in [4.78, 5) is 0.